The van der Waals surface area contributed by atoms with Crippen molar-refractivity contribution >= 4 is 45.7 Å². The zero-order valence-corrected chi connectivity index (χ0v) is 14.0. The molecule has 6 heteroatoms. The van der Waals surface area contributed by atoms with Gasteiger partial charge < -0.3 is 15.0 Å². The lowest BCUT2D eigenvalue weighted by molar-refractivity contribution is 0.102. The zero-order chi connectivity index (χ0) is 16.6. The molecule has 0 unspecified atom stereocenters. The molecule has 3 rings (SSSR count). The first-order valence-corrected chi connectivity index (χ1v) is 7.68. The minimum Gasteiger partial charge on any atom is -0.495 e. The lowest BCUT2D eigenvalue weighted by Crippen LogP contribution is -2.13. The van der Waals surface area contributed by atoms with E-state index in [-0.39, 0.29) is 5.91 Å². The number of ether oxygens (including phenoxy) is 1. The largest absolute Gasteiger partial charge is 0.495 e. The second-order valence-electron chi connectivity index (χ2n) is 5.12. The Morgan fingerprint density at radius 2 is 1.96 bits per heavy atom. The number of fused-ring (bicyclic) bond motifs is 1. The van der Waals surface area contributed by atoms with Gasteiger partial charge in [0.05, 0.1) is 12.1 Å². The average Bonchev–Trinajstić information content (AvgIpc) is 2.84. The van der Waals surface area contributed by atoms with Crippen molar-refractivity contribution in [1.82, 2.24) is 4.98 Å². The van der Waals surface area contributed by atoms with Crippen molar-refractivity contribution in [3.05, 3.63) is 57.7 Å². The van der Waals surface area contributed by atoms with Crippen LogP contribution in [0.25, 0.3) is 10.9 Å². The van der Waals surface area contributed by atoms with Gasteiger partial charge in [0.1, 0.15) is 11.4 Å². The number of halogens is 2. The number of H-pyrrole nitrogens is 1. The molecule has 0 saturated heterocycles. The van der Waals surface area contributed by atoms with Crippen LogP contribution in [0.3, 0.4) is 0 Å². The maximum absolute atomic E-state index is 12.5. The molecule has 0 radical (unpaired) electrons. The number of anilines is 1. The molecule has 23 heavy (non-hydrogen) atoms. The predicted octanol–water partition coefficient (Wildman–Crippen LogP) is 5.04. The number of benzene rings is 2. The van der Waals surface area contributed by atoms with Crippen molar-refractivity contribution in [2.24, 2.45) is 0 Å². The van der Waals surface area contributed by atoms with Gasteiger partial charge in [0.15, 0.2) is 0 Å². The monoisotopic (exact) mass is 348 g/mol. The number of amides is 1. The molecule has 3 aromatic rings. The Morgan fingerprint density at radius 3 is 2.65 bits per heavy atom. The van der Waals surface area contributed by atoms with E-state index in [0.29, 0.717) is 27.2 Å². The van der Waals surface area contributed by atoms with Crippen molar-refractivity contribution < 1.29 is 9.53 Å². The van der Waals surface area contributed by atoms with E-state index in [1.165, 1.54) is 0 Å². The van der Waals surface area contributed by atoms with Crippen LogP contribution in [-0.4, -0.2) is 18.0 Å². The Hall–Kier alpha value is -2.17. The molecule has 0 bridgehead atoms. The maximum atomic E-state index is 12.5. The first-order chi connectivity index (χ1) is 11.0. The minimum absolute atomic E-state index is 0.240. The van der Waals surface area contributed by atoms with Gasteiger partial charge in [0.2, 0.25) is 0 Å². The van der Waals surface area contributed by atoms with Crippen molar-refractivity contribution in [1.29, 1.82) is 0 Å². The summed E-state index contributed by atoms with van der Waals surface area (Å²) >= 11 is 12.1. The number of aromatic nitrogens is 1. The average molecular weight is 349 g/mol. The van der Waals surface area contributed by atoms with Crippen LogP contribution in [0.5, 0.6) is 5.75 Å². The molecule has 1 aromatic heterocycles. The molecule has 2 aromatic carbocycles. The van der Waals surface area contributed by atoms with Gasteiger partial charge in [0, 0.05) is 21.6 Å². The van der Waals surface area contributed by atoms with Crippen LogP contribution in [0, 0.1) is 6.92 Å². The molecule has 118 valence electrons. The van der Waals surface area contributed by atoms with Crippen LogP contribution >= 0.6 is 23.2 Å². The van der Waals surface area contributed by atoms with Gasteiger partial charge >= 0.3 is 0 Å². The SMILES string of the molecule is COc1ccc(NC(=O)c2[nH]c3cc(Cl)ccc3c2C)cc1Cl. The van der Waals surface area contributed by atoms with Gasteiger partial charge in [-0.2, -0.15) is 0 Å². The third kappa shape index (κ3) is 3.00. The highest BCUT2D eigenvalue weighted by atomic mass is 35.5. The number of hydrogen-bond donors (Lipinski definition) is 2. The van der Waals surface area contributed by atoms with E-state index in [1.807, 2.05) is 13.0 Å². The summed E-state index contributed by atoms with van der Waals surface area (Å²) in [7, 11) is 1.54. The predicted molar refractivity (Wildman–Crippen MR) is 94.0 cm³/mol. The number of aromatic amines is 1. The Labute approximate surface area is 143 Å². The molecule has 4 nitrogen and oxygen atoms in total. The van der Waals surface area contributed by atoms with Crippen LogP contribution in [-0.2, 0) is 0 Å². The number of hydrogen-bond acceptors (Lipinski definition) is 2. The molecule has 0 atom stereocenters. The highest BCUT2D eigenvalue weighted by Crippen LogP contribution is 2.28. The molecular weight excluding hydrogens is 335 g/mol. The van der Waals surface area contributed by atoms with Crippen molar-refractivity contribution in [3.8, 4) is 5.75 Å². The highest BCUT2D eigenvalue weighted by molar-refractivity contribution is 6.32. The zero-order valence-electron chi connectivity index (χ0n) is 12.5. The molecule has 0 saturated carbocycles. The lowest BCUT2D eigenvalue weighted by Gasteiger charge is -2.08. The number of carbonyl (C=O) groups excluding carboxylic acids is 1. The van der Waals surface area contributed by atoms with Gasteiger partial charge in [-0.05, 0) is 42.8 Å². The molecule has 2 N–H and O–H groups in total. The first kappa shape index (κ1) is 15.7. The molecule has 1 heterocycles. The summed E-state index contributed by atoms with van der Waals surface area (Å²) in [5, 5.41) is 4.84. The number of rotatable bonds is 3. The summed E-state index contributed by atoms with van der Waals surface area (Å²) in [4.78, 5) is 15.6. The summed E-state index contributed by atoms with van der Waals surface area (Å²) in [6.07, 6.45) is 0. The van der Waals surface area contributed by atoms with Gasteiger partial charge in [-0.15, -0.1) is 0 Å². The Bertz CT molecular complexity index is 903. The molecule has 0 aliphatic heterocycles. The van der Waals surface area contributed by atoms with Gasteiger partial charge in [-0.25, -0.2) is 0 Å². The van der Waals surface area contributed by atoms with E-state index >= 15 is 0 Å². The van der Waals surface area contributed by atoms with E-state index in [0.717, 1.165) is 16.5 Å². The smallest absolute Gasteiger partial charge is 0.272 e. The molecule has 0 fully saturated rings. The summed E-state index contributed by atoms with van der Waals surface area (Å²) in [6.45, 7) is 1.89. The number of aryl methyl sites for hydroxylation is 1. The number of nitrogens with one attached hydrogen (secondary N) is 2. The fraction of sp³-hybridized carbons (Fsp3) is 0.118. The summed E-state index contributed by atoms with van der Waals surface area (Å²) in [6, 6.07) is 10.6. The fourth-order valence-electron chi connectivity index (χ4n) is 2.47. The Morgan fingerprint density at radius 1 is 1.17 bits per heavy atom. The molecule has 0 spiro atoms. The third-order valence-electron chi connectivity index (χ3n) is 3.66. The molecule has 0 aliphatic carbocycles. The summed E-state index contributed by atoms with van der Waals surface area (Å²) in [5.74, 6) is 0.317. The molecule has 1 amide bonds. The summed E-state index contributed by atoms with van der Waals surface area (Å²) in [5.41, 5.74) is 2.78. The number of methoxy groups -OCH3 is 1. The third-order valence-corrected chi connectivity index (χ3v) is 4.19. The molecular formula is C17H14Cl2N2O2. The second kappa shape index (κ2) is 6.14. The van der Waals surface area contributed by atoms with Crippen LogP contribution in [0.4, 0.5) is 5.69 Å². The Balaban J connectivity index is 1.91. The van der Waals surface area contributed by atoms with Crippen molar-refractivity contribution in [2.45, 2.75) is 6.92 Å². The minimum atomic E-state index is -0.240. The van der Waals surface area contributed by atoms with E-state index in [1.54, 1.807) is 37.4 Å². The van der Waals surface area contributed by atoms with Crippen LogP contribution in [0.15, 0.2) is 36.4 Å². The van der Waals surface area contributed by atoms with E-state index in [2.05, 4.69) is 10.3 Å². The number of carbonyl (C=O) groups is 1. The van der Waals surface area contributed by atoms with Gasteiger partial charge in [0.25, 0.3) is 5.91 Å². The normalized spacial score (nSPS) is 10.8. The van der Waals surface area contributed by atoms with Crippen LogP contribution in [0.2, 0.25) is 10.0 Å². The fourth-order valence-corrected chi connectivity index (χ4v) is 2.90. The van der Waals surface area contributed by atoms with Gasteiger partial charge in [-0.3, -0.25) is 4.79 Å². The topological polar surface area (TPSA) is 54.1 Å². The maximum Gasteiger partial charge on any atom is 0.272 e. The molecule has 0 aliphatic rings. The van der Waals surface area contributed by atoms with Crippen LogP contribution < -0.4 is 10.1 Å². The Kier molecular flexibility index (Phi) is 4.20. The lowest BCUT2D eigenvalue weighted by atomic mass is 10.1. The standard InChI is InChI=1S/C17H14Cl2N2O2/c1-9-12-5-3-10(18)7-14(12)21-16(9)17(22)20-11-4-6-15(23-2)13(19)8-11/h3-8,21H,1-2H3,(H,20,22). The van der Waals surface area contributed by atoms with E-state index in [9.17, 15) is 4.79 Å². The second-order valence-corrected chi connectivity index (χ2v) is 5.96. The van der Waals surface area contributed by atoms with Crippen molar-refractivity contribution in [3.63, 3.8) is 0 Å². The van der Waals surface area contributed by atoms with E-state index < -0.39 is 0 Å². The van der Waals surface area contributed by atoms with E-state index in [4.69, 9.17) is 27.9 Å². The summed E-state index contributed by atoms with van der Waals surface area (Å²) < 4.78 is 5.10. The van der Waals surface area contributed by atoms with Crippen molar-refractivity contribution in [2.75, 3.05) is 12.4 Å². The first-order valence-electron chi connectivity index (χ1n) is 6.92. The quantitative estimate of drug-likeness (QED) is 0.696. The highest BCUT2D eigenvalue weighted by Gasteiger charge is 2.15. The van der Waals surface area contributed by atoms with Crippen LogP contribution in [0.1, 0.15) is 16.1 Å². The van der Waals surface area contributed by atoms with Gasteiger partial charge in [-0.1, -0.05) is 29.3 Å².